The number of amides is 1. The summed E-state index contributed by atoms with van der Waals surface area (Å²) in [5.74, 6) is -3.57. The third-order valence-electron chi connectivity index (χ3n) is 4.20. The number of hydrogen-bond donors (Lipinski definition) is 2. The van der Waals surface area contributed by atoms with Crippen molar-refractivity contribution in [1.82, 2.24) is 0 Å². The quantitative estimate of drug-likeness (QED) is 0.467. The maximum atomic E-state index is 14.9. The normalized spacial score (nSPS) is 10.6. The Kier molecular flexibility index (Phi) is 7.09. The third-order valence-corrected chi connectivity index (χ3v) is 4.83. The van der Waals surface area contributed by atoms with E-state index in [0.717, 1.165) is 0 Å². The van der Waals surface area contributed by atoms with Gasteiger partial charge in [-0.2, -0.15) is 0 Å². The largest absolute Gasteiger partial charge is 0.486 e. The van der Waals surface area contributed by atoms with Crippen molar-refractivity contribution in [2.75, 3.05) is 5.32 Å². The van der Waals surface area contributed by atoms with E-state index in [9.17, 15) is 18.4 Å². The lowest BCUT2D eigenvalue weighted by Crippen LogP contribution is -2.16. The van der Waals surface area contributed by atoms with Gasteiger partial charge >= 0.3 is 5.97 Å². The second-order valence-corrected chi connectivity index (χ2v) is 7.31. The first-order valence-electron chi connectivity index (χ1n) is 8.91. The number of carbonyl (C=O) groups is 2. The SMILES string of the molecule is O=C(O)Cc1ccc(NC(=O)c2c(Cl)ccc(OCc3cccc(F)c3)c2F)c(Cl)c1. The molecule has 5 nitrogen and oxygen atoms in total. The minimum absolute atomic E-state index is 0.0853. The molecule has 3 aromatic carbocycles. The summed E-state index contributed by atoms with van der Waals surface area (Å²) >= 11 is 12.1. The molecule has 0 fully saturated rings. The smallest absolute Gasteiger partial charge is 0.307 e. The molecule has 1 amide bonds. The number of halogens is 4. The van der Waals surface area contributed by atoms with E-state index in [4.69, 9.17) is 33.0 Å². The summed E-state index contributed by atoms with van der Waals surface area (Å²) in [5.41, 5.74) is 0.618. The fraction of sp³-hybridized carbons (Fsp3) is 0.0909. The molecule has 3 aromatic rings. The summed E-state index contributed by atoms with van der Waals surface area (Å²) in [5, 5.41) is 11.2. The summed E-state index contributed by atoms with van der Waals surface area (Å²) < 4.78 is 33.6. The van der Waals surface area contributed by atoms with Crippen LogP contribution in [0.1, 0.15) is 21.5 Å². The predicted octanol–water partition coefficient (Wildman–Crippen LogP) is 5.73. The number of carbonyl (C=O) groups excluding carboxylic acids is 1. The van der Waals surface area contributed by atoms with Crippen LogP contribution in [-0.4, -0.2) is 17.0 Å². The van der Waals surface area contributed by atoms with E-state index in [1.165, 1.54) is 48.5 Å². The summed E-state index contributed by atoms with van der Waals surface area (Å²) in [4.78, 5) is 23.4. The number of ether oxygens (including phenoxy) is 1. The molecular formula is C22H15Cl2F2NO4. The molecule has 9 heteroatoms. The monoisotopic (exact) mass is 465 g/mol. The second-order valence-electron chi connectivity index (χ2n) is 6.49. The molecule has 0 aromatic heterocycles. The van der Waals surface area contributed by atoms with Gasteiger partial charge in [-0.25, -0.2) is 8.78 Å². The van der Waals surface area contributed by atoms with Crippen LogP contribution in [-0.2, 0) is 17.8 Å². The van der Waals surface area contributed by atoms with Crippen LogP contribution in [0.3, 0.4) is 0 Å². The number of nitrogens with one attached hydrogen (secondary N) is 1. The lowest BCUT2D eigenvalue weighted by Gasteiger charge is -2.13. The minimum Gasteiger partial charge on any atom is -0.486 e. The van der Waals surface area contributed by atoms with Gasteiger partial charge in [-0.15, -0.1) is 0 Å². The molecule has 0 saturated carbocycles. The zero-order chi connectivity index (χ0) is 22.5. The molecular weight excluding hydrogens is 451 g/mol. The van der Waals surface area contributed by atoms with Gasteiger partial charge in [0.05, 0.1) is 27.7 Å². The zero-order valence-corrected chi connectivity index (χ0v) is 17.3. The van der Waals surface area contributed by atoms with Crippen molar-refractivity contribution in [3.63, 3.8) is 0 Å². The molecule has 0 heterocycles. The molecule has 0 saturated heterocycles. The lowest BCUT2D eigenvalue weighted by molar-refractivity contribution is -0.136. The Balaban J connectivity index is 1.79. The van der Waals surface area contributed by atoms with Crippen molar-refractivity contribution >= 4 is 40.8 Å². The molecule has 2 N–H and O–H groups in total. The van der Waals surface area contributed by atoms with Gasteiger partial charge in [-0.3, -0.25) is 9.59 Å². The van der Waals surface area contributed by atoms with Gasteiger partial charge in [0, 0.05) is 0 Å². The average molecular weight is 466 g/mol. The van der Waals surface area contributed by atoms with Crippen LogP contribution in [0.4, 0.5) is 14.5 Å². The van der Waals surface area contributed by atoms with E-state index < -0.39 is 29.1 Å². The van der Waals surface area contributed by atoms with Crippen molar-refractivity contribution in [3.8, 4) is 5.75 Å². The molecule has 0 aliphatic carbocycles. The Morgan fingerprint density at radius 3 is 2.42 bits per heavy atom. The molecule has 3 rings (SSSR count). The Hall–Kier alpha value is -3.16. The Labute approximate surface area is 186 Å². The highest BCUT2D eigenvalue weighted by Gasteiger charge is 2.21. The molecule has 0 bridgehead atoms. The van der Waals surface area contributed by atoms with Crippen molar-refractivity contribution in [2.24, 2.45) is 0 Å². The van der Waals surface area contributed by atoms with Crippen molar-refractivity contribution in [3.05, 3.63) is 93.0 Å². The van der Waals surface area contributed by atoms with Crippen LogP contribution < -0.4 is 10.1 Å². The number of aliphatic carboxylic acids is 1. The number of rotatable bonds is 7. The first-order valence-corrected chi connectivity index (χ1v) is 9.67. The van der Waals surface area contributed by atoms with E-state index in [2.05, 4.69) is 5.32 Å². The van der Waals surface area contributed by atoms with Gasteiger partial charge in [-0.05, 0) is 47.5 Å². The molecule has 160 valence electrons. The van der Waals surface area contributed by atoms with Gasteiger partial charge in [0.2, 0.25) is 0 Å². The lowest BCUT2D eigenvalue weighted by atomic mass is 10.1. The van der Waals surface area contributed by atoms with Gasteiger partial charge in [0.15, 0.2) is 11.6 Å². The molecule has 0 spiro atoms. The molecule has 0 radical (unpaired) electrons. The molecule has 0 atom stereocenters. The fourth-order valence-corrected chi connectivity index (χ4v) is 3.25. The van der Waals surface area contributed by atoms with E-state index in [-0.39, 0.29) is 34.5 Å². The summed E-state index contributed by atoms with van der Waals surface area (Å²) in [6, 6.07) is 12.5. The summed E-state index contributed by atoms with van der Waals surface area (Å²) in [6.07, 6.45) is -0.237. The Morgan fingerprint density at radius 2 is 1.74 bits per heavy atom. The maximum absolute atomic E-state index is 14.9. The first-order chi connectivity index (χ1) is 14.7. The van der Waals surface area contributed by atoms with Gasteiger partial charge < -0.3 is 15.2 Å². The second kappa shape index (κ2) is 9.76. The van der Waals surface area contributed by atoms with E-state index in [0.29, 0.717) is 11.1 Å². The topological polar surface area (TPSA) is 75.6 Å². The molecule has 0 unspecified atom stereocenters. The zero-order valence-electron chi connectivity index (χ0n) is 15.8. The number of carboxylic acid groups (broad SMARTS) is 1. The van der Waals surface area contributed by atoms with Gasteiger partial charge in [-0.1, -0.05) is 41.4 Å². The van der Waals surface area contributed by atoms with Crippen LogP contribution in [0.5, 0.6) is 5.75 Å². The van der Waals surface area contributed by atoms with Crippen LogP contribution in [0.15, 0.2) is 54.6 Å². The van der Waals surface area contributed by atoms with Gasteiger partial charge in [0.25, 0.3) is 5.91 Å². The Bertz CT molecular complexity index is 1150. The number of hydrogen-bond acceptors (Lipinski definition) is 3. The molecule has 0 aliphatic rings. The standard InChI is InChI=1S/C22H15Cl2F2NO4/c23-15-5-7-18(31-11-13-2-1-3-14(25)8-13)21(26)20(15)22(30)27-17-6-4-12(9-16(17)24)10-19(28)29/h1-9H,10-11H2,(H,27,30)(H,28,29). The number of benzene rings is 3. The third kappa shape index (κ3) is 5.71. The van der Waals surface area contributed by atoms with E-state index >= 15 is 0 Å². The highest BCUT2D eigenvalue weighted by molar-refractivity contribution is 6.36. The maximum Gasteiger partial charge on any atom is 0.307 e. The number of anilines is 1. The molecule has 31 heavy (non-hydrogen) atoms. The van der Waals surface area contributed by atoms with Crippen LogP contribution in [0.2, 0.25) is 10.0 Å². The van der Waals surface area contributed by atoms with Crippen LogP contribution in [0, 0.1) is 11.6 Å². The van der Waals surface area contributed by atoms with Gasteiger partial charge in [0.1, 0.15) is 12.4 Å². The van der Waals surface area contributed by atoms with Crippen LogP contribution in [0.25, 0.3) is 0 Å². The Morgan fingerprint density at radius 1 is 0.968 bits per heavy atom. The van der Waals surface area contributed by atoms with Crippen molar-refractivity contribution in [2.45, 2.75) is 13.0 Å². The number of carboxylic acids is 1. The average Bonchev–Trinajstić information content (AvgIpc) is 2.69. The van der Waals surface area contributed by atoms with Crippen molar-refractivity contribution in [1.29, 1.82) is 0 Å². The van der Waals surface area contributed by atoms with E-state index in [1.54, 1.807) is 6.07 Å². The predicted molar refractivity (Wildman–Crippen MR) is 113 cm³/mol. The highest BCUT2D eigenvalue weighted by atomic mass is 35.5. The highest BCUT2D eigenvalue weighted by Crippen LogP contribution is 2.30. The summed E-state index contributed by atoms with van der Waals surface area (Å²) in [6.45, 7) is -0.117. The molecule has 0 aliphatic heterocycles. The minimum atomic E-state index is -1.03. The van der Waals surface area contributed by atoms with Crippen molar-refractivity contribution < 1.29 is 28.2 Å². The summed E-state index contributed by atoms with van der Waals surface area (Å²) in [7, 11) is 0. The first kappa shape index (κ1) is 22.5. The fourth-order valence-electron chi connectivity index (χ4n) is 2.77. The van der Waals surface area contributed by atoms with Crippen LogP contribution >= 0.6 is 23.2 Å². The van der Waals surface area contributed by atoms with E-state index in [1.807, 2.05) is 0 Å².